The second-order valence-corrected chi connectivity index (χ2v) is 10.9. The molecule has 2 N–H and O–H groups in total. The molecule has 0 saturated carbocycles. The summed E-state index contributed by atoms with van der Waals surface area (Å²) in [5, 5.41) is 16.5. The van der Waals surface area contributed by atoms with Gasteiger partial charge in [-0.25, -0.2) is 4.98 Å². The number of rotatable bonds is 8. The van der Waals surface area contributed by atoms with Crippen LogP contribution >= 0.6 is 11.6 Å². The molecule has 5 rings (SSSR count). The maximum atomic E-state index is 13.8. The monoisotopic (exact) mass is 586 g/mol. The highest BCUT2D eigenvalue weighted by Gasteiger charge is 2.32. The predicted octanol–water partition coefficient (Wildman–Crippen LogP) is 4.51. The minimum absolute atomic E-state index is 0.0246. The third-order valence-electron chi connectivity index (χ3n) is 7.88. The van der Waals surface area contributed by atoms with E-state index < -0.39 is 0 Å². The van der Waals surface area contributed by atoms with E-state index in [1.54, 1.807) is 23.2 Å². The van der Waals surface area contributed by atoms with Gasteiger partial charge < -0.3 is 25.2 Å². The van der Waals surface area contributed by atoms with Gasteiger partial charge >= 0.3 is 0 Å². The SMILES string of the molecule is CCOc1ncccc1-c1ccc(N2CCN(C(=O)c3ccc(Cl)cc3C#N)C[C@H]2CC)c(C(=O)N[C@@H]2CCNC2)c1. The Kier molecular flexibility index (Phi) is 9.25. The summed E-state index contributed by atoms with van der Waals surface area (Å²) in [5.74, 6) is 0.204. The summed E-state index contributed by atoms with van der Waals surface area (Å²) in [7, 11) is 0. The van der Waals surface area contributed by atoms with Crippen LogP contribution in [0.25, 0.3) is 11.1 Å². The van der Waals surface area contributed by atoms with Crippen LogP contribution in [0.2, 0.25) is 5.02 Å². The molecule has 3 heterocycles. The molecule has 42 heavy (non-hydrogen) atoms. The van der Waals surface area contributed by atoms with E-state index in [9.17, 15) is 14.9 Å². The normalized spacial score (nSPS) is 18.4. The van der Waals surface area contributed by atoms with Gasteiger partial charge in [-0.2, -0.15) is 5.26 Å². The van der Waals surface area contributed by atoms with Crippen LogP contribution in [0, 0.1) is 11.3 Å². The van der Waals surface area contributed by atoms with Crippen molar-refractivity contribution in [1.82, 2.24) is 20.5 Å². The number of nitriles is 1. The molecule has 2 amide bonds. The second-order valence-electron chi connectivity index (χ2n) is 10.5. The maximum Gasteiger partial charge on any atom is 0.255 e. The Balaban J connectivity index is 1.46. The van der Waals surface area contributed by atoms with Crippen molar-refractivity contribution in [2.45, 2.75) is 38.8 Å². The first kappa shape index (κ1) is 29.4. The summed E-state index contributed by atoms with van der Waals surface area (Å²) in [4.78, 5) is 35.7. The van der Waals surface area contributed by atoms with E-state index in [4.69, 9.17) is 16.3 Å². The molecule has 2 aliphatic rings. The van der Waals surface area contributed by atoms with Crippen LogP contribution in [0.5, 0.6) is 5.88 Å². The average Bonchev–Trinajstić information content (AvgIpc) is 3.53. The highest BCUT2D eigenvalue weighted by molar-refractivity contribution is 6.30. The van der Waals surface area contributed by atoms with Gasteiger partial charge in [-0.1, -0.05) is 24.6 Å². The number of pyridine rings is 1. The van der Waals surface area contributed by atoms with Crippen LogP contribution in [0.3, 0.4) is 0 Å². The maximum absolute atomic E-state index is 13.8. The van der Waals surface area contributed by atoms with Gasteiger partial charge in [0.15, 0.2) is 0 Å². The molecule has 2 atom stereocenters. The van der Waals surface area contributed by atoms with E-state index in [0.717, 1.165) is 42.7 Å². The van der Waals surface area contributed by atoms with Crippen LogP contribution in [0.4, 0.5) is 5.69 Å². The smallest absolute Gasteiger partial charge is 0.255 e. The van der Waals surface area contributed by atoms with Gasteiger partial charge in [0, 0.05) is 60.7 Å². The topological polar surface area (TPSA) is 111 Å². The molecule has 0 unspecified atom stereocenters. The molecule has 3 aromatic rings. The zero-order valence-corrected chi connectivity index (χ0v) is 24.7. The standard InChI is InChI=1S/C32H35ClN6O3/c1-3-25-20-38(32(41)27-9-8-23(33)16-22(27)18-34)14-15-39(25)29-10-7-21(26-6-5-12-36-31(26)42-4-2)17-28(29)30(40)37-24-11-13-35-19-24/h5-10,12,16-17,24-25,35H,3-4,11,13-15,19-20H2,1-2H3,(H,37,40)/t24-,25-/m1/s1. The van der Waals surface area contributed by atoms with Crippen LogP contribution in [0.15, 0.2) is 54.7 Å². The van der Waals surface area contributed by atoms with E-state index in [1.807, 2.05) is 37.3 Å². The lowest BCUT2D eigenvalue weighted by molar-refractivity contribution is 0.0719. The Hall–Kier alpha value is -4.13. The Morgan fingerprint density at radius 2 is 2.02 bits per heavy atom. The Morgan fingerprint density at radius 3 is 2.76 bits per heavy atom. The Labute approximate surface area is 251 Å². The summed E-state index contributed by atoms with van der Waals surface area (Å²) in [6, 6.07) is 16.6. The number of hydrogen-bond donors (Lipinski definition) is 2. The zero-order valence-electron chi connectivity index (χ0n) is 23.9. The minimum Gasteiger partial charge on any atom is -0.478 e. The number of anilines is 1. The van der Waals surface area contributed by atoms with Crippen LogP contribution in [-0.4, -0.2) is 73.1 Å². The zero-order chi connectivity index (χ0) is 29.6. The van der Waals surface area contributed by atoms with E-state index in [1.165, 1.54) is 6.07 Å². The van der Waals surface area contributed by atoms with Gasteiger partial charge in [0.25, 0.3) is 11.8 Å². The molecule has 0 aliphatic carbocycles. The van der Waals surface area contributed by atoms with Crippen molar-refractivity contribution in [3.63, 3.8) is 0 Å². The predicted molar refractivity (Wildman–Crippen MR) is 163 cm³/mol. The summed E-state index contributed by atoms with van der Waals surface area (Å²) in [6.45, 7) is 7.56. The number of ether oxygens (including phenoxy) is 1. The fourth-order valence-electron chi connectivity index (χ4n) is 5.71. The molecule has 9 nitrogen and oxygen atoms in total. The number of nitrogens with one attached hydrogen (secondary N) is 2. The molecular weight excluding hydrogens is 552 g/mol. The Morgan fingerprint density at radius 1 is 1.17 bits per heavy atom. The van der Waals surface area contributed by atoms with Crippen molar-refractivity contribution in [3.05, 3.63) is 76.4 Å². The van der Waals surface area contributed by atoms with Gasteiger partial charge in [-0.15, -0.1) is 0 Å². The summed E-state index contributed by atoms with van der Waals surface area (Å²) in [6.07, 6.45) is 3.34. The molecule has 2 saturated heterocycles. The number of carbonyl (C=O) groups excluding carboxylic acids is 2. The highest BCUT2D eigenvalue weighted by Crippen LogP contribution is 2.34. The van der Waals surface area contributed by atoms with Crippen LogP contribution in [-0.2, 0) is 0 Å². The summed E-state index contributed by atoms with van der Waals surface area (Å²) in [5.41, 5.74) is 3.68. The molecule has 0 radical (unpaired) electrons. The largest absolute Gasteiger partial charge is 0.478 e. The average molecular weight is 587 g/mol. The number of carbonyl (C=O) groups is 2. The molecule has 2 aromatic carbocycles. The third kappa shape index (κ3) is 6.20. The number of aromatic nitrogens is 1. The molecule has 0 spiro atoms. The first-order valence-electron chi connectivity index (χ1n) is 14.4. The van der Waals surface area contributed by atoms with Crippen molar-refractivity contribution in [3.8, 4) is 23.1 Å². The van der Waals surface area contributed by atoms with Crippen molar-refractivity contribution >= 4 is 29.1 Å². The molecule has 1 aromatic heterocycles. The first-order chi connectivity index (χ1) is 20.4. The molecule has 218 valence electrons. The van der Waals surface area contributed by atoms with Gasteiger partial charge in [-0.05, 0) is 74.3 Å². The van der Waals surface area contributed by atoms with Gasteiger partial charge in [0.1, 0.15) is 6.07 Å². The molecule has 2 aliphatic heterocycles. The number of halogens is 1. The third-order valence-corrected chi connectivity index (χ3v) is 8.12. The molecular formula is C32H35ClN6O3. The molecule has 0 bridgehead atoms. The number of piperazine rings is 1. The summed E-state index contributed by atoms with van der Waals surface area (Å²) >= 11 is 6.06. The molecule has 10 heteroatoms. The van der Waals surface area contributed by atoms with Gasteiger partial charge in [0.2, 0.25) is 5.88 Å². The van der Waals surface area contributed by atoms with E-state index in [2.05, 4.69) is 33.5 Å². The summed E-state index contributed by atoms with van der Waals surface area (Å²) < 4.78 is 5.78. The lowest BCUT2D eigenvalue weighted by Gasteiger charge is -2.43. The van der Waals surface area contributed by atoms with Crippen molar-refractivity contribution in [2.75, 3.05) is 44.2 Å². The number of nitrogens with zero attached hydrogens (tertiary/aromatic N) is 4. The van der Waals surface area contributed by atoms with E-state index >= 15 is 0 Å². The fourth-order valence-corrected chi connectivity index (χ4v) is 5.88. The Bertz CT molecular complexity index is 1500. The highest BCUT2D eigenvalue weighted by atomic mass is 35.5. The fraction of sp³-hybridized carbons (Fsp3) is 0.375. The van der Waals surface area contributed by atoms with Gasteiger partial charge in [-0.3, -0.25) is 9.59 Å². The molecule has 2 fully saturated rings. The van der Waals surface area contributed by atoms with Crippen molar-refractivity contribution in [2.24, 2.45) is 0 Å². The van der Waals surface area contributed by atoms with Crippen molar-refractivity contribution in [1.29, 1.82) is 5.26 Å². The lowest BCUT2D eigenvalue weighted by Crippen LogP contribution is -2.55. The lowest BCUT2D eigenvalue weighted by atomic mass is 9.98. The van der Waals surface area contributed by atoms with Gasteiger partial charge in [0.05, 0.1) is 23.3 Å². The minimum atomic E-state index is -0.191. The number of benzene rings is 2. The van der Waals surface area contributed by atoms with Crippen molar-refractivity contribution < 1.29 is 14.3 Å². The number of hydrogen-bond acceptors (Lipinski definition) is 7. The number of amides is 2. The van der Waals surface area contributed by atoms with Crippen LogP contribution in [0.1, 0.15) is 53.0 Å². The van der Waals surface area contributed by atoms with E-state index in [-0.39, 0.29) is 29.5 Å². The second kappa shape index (κ2) is 13.2. The first-order valence-corrected chi connectivity index (χ1v) is 14.8. The quantitative estimate of drug-likeness (QED) is 0.400. The van der Waals surface area contributed by atoms with E-state index in [0.29, 0.717) is 48.3 Å². The van der Waals surface area contributed by atoms with Crippen LogP contribution < -0.4 is 20.3 Å².